The summed E-state index contributed by atoms with van der Waals surface area (Å²) in [5.41, 5.74) is 1.46. The van der Waals surface area contributed by atoms with Crippen molar-refractivity contribution in [3.8, 4) is 0 Å². The Kier molecular flexibility index (Phi) is 4.39. The fourth-order valence-electron chi connectivity index (χ4n) is 5.10. The van der Waals surface area contributed by atoms with Gasteiger partial charge in [-0.1, -0.05) is 86.5 Å². The van der Waals surface area contributed by atoms with Gasteiger partial charge >= 0.3 is 0 Å². The van der Waals surface area contributed by atoms with Gasteiger partial charge in [0.2, 0.25) is 0 Å². The third-order valence-corrected chi connectivity index (χ3v) is 6.79. The highest BCUT2D eigenvalue weighted by molar-refractivity contribution is 6.20. The summed E-state index contributed by atoms with van der Waals surface area (Å²) in [6.07, 6.45) is 5.04. The average molecular weight is 399 g/mol. The molecular weight excluding hydrogens is 372 g/mol. The molecule has 6 rings (SSSR count). The van der Waals surface area contributed by atoms with Crippen molar-refractivity contribution in [3.05, 3.63) is 96.6 Å². The highest BCUT2D eigenvalue weighted by atomic mass is 14.1. The topological polar surface area (TPSA) is 0 Å². The van der Waals surface area contributed by atoms with Gasteiger partial charge in [0.05, 0.1) is 0 Å². The van der Waals surface area contributed by atoms with E-state index in [0.29, 0.717) is 0 Å². The van der Waals surface area contributed by atoms with Gasteiger partial charge in [-0.3, -0.25) is 0 Å². The van der Waals surface area contributed by atoms with E-state index in [9.17, 15) is 0 Å². The minimum absolute atomic E-state index is 1.18. The van der Waals surface area contributed by atoms with Crippen molar-refractivity contribution in [2.75, 3.05) is 0 Å². The van der Waals surface area contributed by atoms with Gasteiger partial charge < -0.3 is 0 Å². The summed E-state index contributed by atoms with van der Waals surface area (Å²) in [5.74, 6) is 0. The third-order valence-electron chi connectivity index (χ3n) is 6.79. The molecule has 150 valence electrons. The largest absolute Gasteiger partial charge is 0.0654 e. The van der Waals surface area contributed by atoms with E-state index in [1.54, 1.807) is 0 Å². The second-order valence-electron chi connectivity index (χ2n) is 8.86. The zero-order valence-electron chi connectivity index (χ0n) is 18.0. The Morgan fingerprint density at radius 2 is 1.03 bits per heavy atom. The molecule has 0 heterocycles. The van der Waals surface area contributed by atoms with Crippen LogP contribution in [0.2, 0.25) is 0 Å². The maximum absolute atomic E-state index is 2.39. The third kappa shape index (κ3) is 3.15. The van der Waals surface area contributed by atoms with E-state index >= 15 is 0 Å². The zero-order valence-corrected chi connectivity index (χ0v) is 18.0. The van der Waals surface area contributed by atoms with Crippen molar-refractivity contribution < 1.29 is 0 Å². The molecule has 6 aromatic rings. The molecule has 0 saturated heterocycles. The quantitative estimate of drug-likeness (QED) is 0.158. The molecular formula is C31H26. The van der Waals surface area contributed by atoms with E-state index in [4.69, 9.17) is 0 Å². The van der Waals surface area contributed by atoms with Crippen LogP contribution in [0.15, 0.2) is 91.0 Å². The lowest BCUT2D eigenvalue weighted by Gasteiger charge is -2.11. The molecule has 0 aromatic heterocycles. The van der Waals surface area contributed by atoms with Gasteiger partial charge in [-0.2, -0.15) is 0 Å². The van der Waals surface area contributed by atoms with Crippen LogP contribution in [0.4, 0.5) is 0 Å². The van der Waals surface area contributed by atoms with E-state index < -0.39 is 0 Å². The lowest BCUT2D eigenvalue weighted by atomic mass is 9.93. The van der Waals surface area contributed by atoms with Gasteiger partial charge in [0.15, 0.2) is 0 Å². The van der Waals surface area contributed by atoms with Crippen LogP contribution in [0, 0.1) is 0 Å². The number of hydrogen-bond donors (Lipinski definition) is 0. The van der Waals surface area contributed by atoms with Crippen molar-refractivity contribution >= 4 is 53.9 Å². The Morgan fingerprint density at radius 3 is 1.71 bits per heavy atom. The molecule has 6 aromatic carbocycles. The fourth-order valence-corrected chi connectivity index (χ4v) is 5.10. The molecule has 0 aliphatic heterocycles. The summed E-state index contributed by atoms with van der Waals surface area (Å²) < 4.78 is 0. The maximum atomic E-state index is 2.39. The summed E-state index contributed by atoms with van der Waals surface area (Å²) in [7, 11) is 0. The van der Waals surface area contributed by atoms with Crippen LogP contribution in [-0.4, -0.2) is 0 Å². The predicted octanol–water partition coefficient (Wildman–Crippen LogP) is 9.19. The van der Waals surface area contributed by atoms with Crippen molar-refractivity contribution in [3.63, 3.8) is 0 Å². The number of hydrogen-bond acceptors (Lipinski definition) is 0. The Balaban J connectivity index is 1.56. The molecule has 0 spiro atoms. The Bertz CT molecular complexity index is 1590. The Hall–Kier alpha value is -3.38. The van der Waals surface area contributed by atoms with E-state index in [1.807, 2.05) is 0 Å². The van der Waals surface area contributed by atoms with Gasteiger partial charge in [0, 0.05) is 0 Å². The minimum atomic E-state index is 1.18. The molecule has 0 amide bonds. The molecule has 0 bridgehead atoms. The van der Waals surface area contributed by atoms with Crippen molar-refractivity contribution in [2.45, 2.75) is 32.6 Å². The second-order valence-corrected chi connectivity index (χ2v) is 8.86. The lowest BCUT2D eigenvalue weighted by Crippen LogP contribution is -1.87. The first-order valence-corrected chi connectivity index (χ1v) is 11.5. The second kappa shape index (κ2) is 7.39. The highest BCUT2D eigenvalue weighted by Crippen LogP contribution is 2.35. The van der Waals surface area contributed by atoms with E-state index in [1.165, 1.54) is 85.1 Å². The standard InChI is InChI=1S/C31H26/c1-2-3-4-7-21-10-11-24-20-31-26(18-27(24)16-21)13-15-28-29(31)14-12-25-17-22-8-5-6-9-23(22)19-30(25)28/h5-6,8-20H,2-4,7H2,1H3. The monoisotopic (exact) mass is 398 g/mol. The smallest absolute Gasteiger partial charge is 0.00987 e. The van der Waals surface area contributed by atoms with Gasteiger partial charge in [-0.25, -0.2) is 0 Å². The van der Waals surface area contributed by atoms with E-state index in [0.717, 1.165) is 0 Å². The normalized spacial score (nSPS) is 11.9. The van der Waals surface area contributed by atoms with Crippen LogP contribution in [0.5, 0.6) is 0 Å². The molecule has 0 atom stereocenters. The molecule has 0 heteroatoms. The SMILES string of the molecule is CCCCCc1ccc2cc3c(ccc4c5cc6ccccc6cc5ccc34)cc2c1. The van der Waals surface area contributed by atoms with Crippen LogP contribution >= 0.6 is 0 Å². The molecule has 0 aliphatic carbocycles. The first-order valence-electron chi connectivity index (χ1n) is 11.5. The van der Waals surface area contributed by atoms with Gasteiger partial charge in [-0.15, -0.1) is 0 Å². The van der Waals surface area contributed by atoms with Gasteiger partial charge in [0.25, 0.3) is 0 Å². The van der Waals surface area contributed by atoms with E-state index in [2.05, 4.69) is 97.9 Å². The summed E-state index contributed by atoms with van der Waals surface area (Å²) in [4.78, 5) is 0. The Labute approximate surface area is 183 Å². The van der Waals surface area contributed by atoms with Crippen molar-refractivity contribution in [1.82, 2.24) is 0 Å². The lowest BCUT2D eigenvalue weighted by molar-refractivity contribution is 0.718. The van der Waals surface area contributed by atoms with E-state index in [-0.39, 0.29) is 0 Å². The molecule has 0 saturated carbocycles. The first kappa shape index (κ1) is 18.4. The summed E-state index contributed by atoms with van der Waals surface area (Å²) in [6.45, 7) is 2.27. The predicted molar refractivity (Wildman–Crippen MR) is 137 cm³/mol. The van der Waals surface area contributed by atoms with Crippen LogP contribution < -0.4 is 0 Å². The first-order chi connectivity index (χ1) is 15.3. The Morgan fingerprint density at radius 1 is 0.452 bits per heavy atom. The van der Waals surface area contributed by atoms with Gasteiger partial charge in [0.1, 0.15) is 0 Å². The van der Waals surface area contributed by atoms with Crippen LogP contribution in [0.3, 0.4) is 0 Å². The molecule has 0 radical (unpaired) electrons. The molecule has 0 aliphatic rings. The number of unbranched alkanes of at least 4 members (excludes halogenated alkanes) is 2. The molecule has 31 heavy (non-hydrogen) atoms. The van der Waals surface area contributed by atoms with Gasteiger partial charge in [-0.05, 0) is 96.5 Å². The highest BCUT2D eigenvalue weighted by Gasteiger charge is 2.08. The summed E-state index contributed by atoms with van der Waals surface area (Å²) in [6, 6.07) is 34.3. The van der Waals surface area contributed by atoms with Crippen LogP contribution in [0.25, 0.3) is 53.9 Å². The molecule has 0 fully saturated rings. The molecule has 0 N–H and O–H groups in total. The molecule has 0 unspecified atom stereocenters. The average Bonchev–Trinajstić information content (AvgIpc) is 2.81. The molecule has 0 nitrogen and oxygen atoms in total. The fraction of sp³-hybridized carbons (Fsp3) is 0.161. The minimum Gasteiger partial charge on any atom is -0.0654 e. The summed E-state index contributed by atoms with van der Waals surface area (Å²) in [5, 5.41) is 13.3. The zero-order chi connectivity index (χ0) is 20.8. The summed E-state index contributed by atoms with van der Waals surface area (Å²) >= 11 is 0. The number of aryl methyl sites for hydroxylation is 1. The number of benzene rings is 6. The van der Waals surface area contributed by atoms with Crippen molar-refractivity contribution in [1.29, 1.82) is 0 Å². The number of fused-ring (bicyclic) bond motifs is 7. The van der Waals surface area contributed by atoms with Crippen LogP contribution in [0.1, 0.15) is 31.7 Å². The van der Waals surface area contributed by atoms with Crippen molar-refractivity contribution in [2.24, 2.45) is 0 Å². The van der Waals surface area contributed by atoms with Crippen LogP contribution in [-0.2, 0) is 6.42 Å². The number of rotatable bonds is 4. The maximum Gasteiger partial charge on any atom is -0.00987 e.